The van der Waals surface area contributed by atoms with E-state index in [9.17, 15) is 9.18 Å². The van der Waals surface area contributed by atoms with Crippen LogP contribution in [0.5, 0.6) is 0 Å². The van der Waals surface area contributed by atoms with Crippen LogP contribution in [0.1, 0.15) is 37.0 Å². The van der Waals surface area contributed by atoms with Gasteiger partial charge in [-0.2, -0.15) is 0 Å². The Bertz CT molecular complexity index is 463. The second kappa shape index (κ2) is 5.39. The summed E-state index contributed by atoms with van der Waals surface area (Å²) in [6.45, 7) is 4.38. The number of benzene rings is 1. The Hall–Kier alpha value is -0.900. The van der Waals surface area contributed by atoms with Gasteiger partial charge in [-0.15, -0.1) is 0 Å². The van der Waals surface area contributed by atoms with Crippen molar-refractivity contribution in [3.63, 3.8) is 0 Å². The van der Waals surface area contributed by atoms with Crippen molar-refractivity contribution < 1.29 is 9.18 Å². The maximum Gasteiger partial charge on any atom is 0.251 e. The number of carbonyl (C=O) groups excluding carboxylic acids is 1. The van der Waals surface area contributed by atoms with Gasteiger partial charge in [0.1, 0.15) is 5.82 Å². The van der Waals surface area contributed by atoms with Gasteiger partial charge < -0.3 is 5.32 Å². The molecule has 18 heavy (non-hydrogen) atoms. The first-order chi connectivity index (χ1) is 8.49. The molecule has 1 fully saturated rings. The van der Waals surface area contributed by atoms with E-state index in [1.54, 1.807) is 0 Å². The molecule has 0 spiro atoms. The first kappa shape index (κ1) is 13.5. The number of carbonyl (C=O) groups is 1. The average Bonchev–Trinajstić information content (AvgIpc) is 2.64. The van der Waals surface area contributed by atoms with Crippen molar-refractivity contribution in [1.29, 1.82) is 0 Å². The summed E-state index contributed by atoms with van der Waals surface area (Å²) in [5, 5.41) is 3.04. The maximum atomic E-state index is 13.1. The predicted octanol–water partition coefficient (Wildman–Crippen LogP) is 3.75. The molecule has 1 aromatic carbocycles. The van der Waals surface area contributed by atoms with Crippen molar-refractivity contribution >= 4 is 21.8 Å². The average molecular weight is 314 g/mol. The first-order valence-corrected chi connectivity index (χ1v) is 7.04. The van der Waals surface area contributed by atoms with E-state index in [1.165, 1.54) is 18.2 Å². The molecule has 2 rings (SSSR count). The fourth-order valence-electron chi connectivity index (χ4n) is 2.46. The Morgan fingerprint density at radius 3 is 2.67 bits per heavy atom. The number of amides is 1. The fraction of sp³-hybridized carbons (Fsp3) is 0.500. The molecule has 0 heterocycles. The van der Waals surface area contributed by atoms with Gasteiger partial charge >= 0.3 is 0 Å². The molecule has 1 saturated carbocycles. The topological polar surface area (TPSA) is 29.1 Å². The van der Waals surface area contributed by atoms with Gasteiger partial charge in [-0.05, 0) is 58.8 Å². The molecule has 0 aromatic heterocycles. The lowest BCUT2D eigenvalue weighted by Crippen LogP contribution is -2.37. The van der Waals surface area contributed by atoms with Crippen molar-refractivity contribution in [2.45, 2.75) is 32.7 Å². The van der Waals surface area contributed by atoms with Gasteiger partial charge in [0.25, 0.3) is 5.91 Å². The Kier molecular flexibility index (Phi) is 4.05. The van der Waals surface area contributed by atoms with Crippen molar-refractivity contribution in [2.75, 3.05) is 0 Å². The summed E-state index contributed by atoms with van der Waals surface area (Å²) in [6.07, 6.45) is 2.18. The van der Waals surface area contributed by atoms with Crippen LogP contribution in [-0.4, -0.2) is 11.9 Å². The predicted molar refractivity (Wildman–Crippen MR) is 72.9 cm³/mol. The van der Waals surface area contributed by atoms with E-state index in [2.05, 4.69) is 35.1 Å². The van der Waals surface area contributed by atoms with E-state index >= 15 is 0 Å². The SMILES string of the molecule is CC1CCC(NC(=O)c2ccc(F)c(Br)c2)C1C. The largest absolute Gasteiger partial charge is 0.349 e. The Labute approximate surface area is 115 Å². The van der Waals surface area contributed by atoms with Crippen LogP contribution in [0.15, 0.2) is 22.7 Å². The van der Waals surface area contributed by atoms with Crippen LogP contribution in [0.3, 0.4) is 0 Å². The van der Waals surface area contributed by atoms with Gasteiger partial charge in [-0.25, -0.2) is 4.39 Å². The van der Waals surface area contributed by atoms with Crippen molar-refractivity contribution in [2.24, 2.45) is 11.8 Å². The lowest BCUT2D eigenvalue weighted by atomic mass is 9.97. The zero-order valence-corrected chi connectivity index (χ0v) is 12.1. The number of nitrogens with one attached hydrogen (secondary N) is 1. The Morgan fingerprint density at radius 2 is 2.11 bits per heavy atom. The number of hydrogen-bond donors (Lipinski definition) is 1. The van der Waals surface area contributed by atoms with Crippen molar-refractivity contribution in [1.82, 2.24) is 5.32 Å². The fourth-order valence-corrected chi connectivity index (χ4v) is 2.84. The molecule has 0 saturated heterocycles. The molecule has 2 nitrogen and oxygen atoms in total. The van der Waals surface area contributed by atoms with E-state index in [0.717, 1.165) is 12.8 Å². The molecule has 0 radical (unpaired) electrons. The van der Waals surface area contributed by atoms with Crippen LogP contribution >= 0.6 is 15.9 Å². The molecule has 1 amide bonds. The van der Waals surface area contributed by atoms with Crippen LogP contribution < -0.4 is 5.32 Å². The van der Waals surface area contributed by atoms with Crippen LogP contribution in [-0.2, 0) is 0 Å². The van der Waals surface area contributed by atoms with Gasteiger partial charge in [-0.1, -0.05) is 13.8 Å². The highest BCUT2D eigenvalue weighted by Gasteiger charge is 2.30. The van der Waals surface area contributed by atoms with E-state index in [0.29, 0.717) is 21.9 Å². The first-order valence-electron chi connectivity index (χ1n) is 6.25. The Morgan fingerprint density at radius 1 is 1.39 bits per heavy atom. The zero-order valence-electron chi connectivity index (χ0n) is 10.5. The summed E-state index contributed by atoms with van der Waals surface area (Å²) in [6, 6.07) is 4.57. The summed E-state index contributed by atoms with van der Waals surface area (Å²) in [7, 11) is 0. The third kappa shape index (κ3) is 2.74. The minimum absolute atomic E-state index is 0.123. The molecule has 0 bridgehead atoms. The lowest BCUT2D eigenvalue weighted by molar-refractivity contribution is 0.0927. The molecule has 1 aromatic rings. The van der Waals surface area contributed by atoms with Crippen LogP contribution in [0.25, 0.3) is 0 Å². The number of hydrogen-bond acceptors (Lipinski definition) is 1. The smallest absolute Gasteiger partial charge is 0.251 e. The van der Waals surface area contributed by atoms with Crippen molar-refractivity contribution in [3.05, 3.63) is 34.1 Å². The van der Waals surface area contributed by atoms with E-state index in [-0.39, 0.29) is 17.8 Å². The lowest BCUT2D eigenvalue weighted by Gasteiger charge is -2.19. The van der Waals surface area contributed by atoms with Gasteiger partial charge in [0.15, 0.2) is 0 Å². The molecule has 4 heteroatoms. The molecule has 3 atom stereocenters. The molecule has 1 aliphatic carbocycles. The normalized spacial score (nSPS) is 27.2. The van der Waals surface area contributed by atoms with Gasteiger partial charge in [0.05, 0.1) is 4.47 Å². The quantitative estimate of drug-likeness (QED) is 0.885. The summed E-state index contributed by atoms with van der Waals surface area (Å²) in [5.41, 5.74) is 0.495. The number of halogens is 2. The Balaban J connectivity index is 2.06. The number of rotatable bonds is 2. The molecule has 98 valence electrons. The highest BCUT2D eigenvalue weighted by molar-refractivity contribution is 9.10. The third-order valence-corrected chi connectivity index (χ3v) is 4.57. The second-order valence-electron chi connectivity index (χ2n) is 5.12. The van der Waals surface area contributed by atoms with Gasteiger partial charge in [0, 0.05) is 11.6 Å². The minimum atomic E-state index is -0.352. The van der Waals surface area contributed by atoms with Gasteiger partial charge in [0.2, 0.25) is 0 Å². The monoisotopic (exact) mass is 313 g/mol. The second-order valence-corrected chi connectivity index (χ2v) is 5.98. The van der Waals surface area contributed by atoms with Crippen LogP contribution in [0, 0.1) is 17.7 Å². The van der Waals surface area contributed by atoms with Crippen LogP contribution in [0.2, 0.25) is 0 Å². The third-order valence-electron chi connectivity index (χ3n) is 3.96. The molecule has 3 unspecified atom stereocenters. The van der Waals surface area contributed by atoms with Gasteiger partial charge in [-0.3, -0.25) is 4.79 Å². The summed E-state index contributed by atoms with van der Waals surface area (Å²) < 4.78 is 13.4. The minimum Gasteiger partial charge on any atom is -0.349 e. The molecular formula is C14H17BrFNO. The van der Waals surface area contributed by atoms with E-state index in [4.69, 9.17) is 0 Å². The molecular weight excluding hydrogens is 297 g/mol. The van der Waals surface area contributed by atoms with Crippen molar-refractivity contribution in [3.8, 4) is 0 Å². The maximum absolute atomic E-state index is 13.1. The van der Waals surface area contributed by atoms with E-state index < -0.39 is 0 Å². The molecule has 0 aliphatic heterocycles. The summed E-state index contributed by atoms with van der Waals surface area (Å²) >= 11 is 3.09. The molecule has 1 aliphatic rings. The highest BCUT2D eigenvalue weighted by atomic mass is 79.9. The standard InChI is InChI=1S/C14H17BrFNO/c1-8-3-6-13(9(8)2)17-14(18)10-4-5-12(16)11(15)7-10/h4-5,7-9,13H,3,6H2,1-2H3,(H,17,18). The van der Waals surface area contributed by atoms with Crippen LogP contribution in [0.4, 0.5) is 4.39 Å². The summed E-state index contributed by atoms with van der Waals surface area (Å²) in [5.74, 6) is 0.671. The van der Waals surface area contributed by atoms with E-state index in [1.807, 2.05) is 0 Å². The summed E-state index contributed by atoms with van der Waals surface area (Å²) in [4.78, 5) is 12.1. The molecule has 1 N–H and O–H groups in total. The highest BCUT2D eigenvalue weighted by Crippen LogP contribution is 2.31. The zero-order chi connectivity index (χ0) is 13.3.